The first-order valence-corrected chi connectivity index (χ1v) is 9.15. The number of ether oxygens (including phenoxy) is 2. The molecule has 0 saturated carbocycles. The molecule has 0 atom stereocenters. The van der Waals surface area contributed by atoms with E-state index in [1.807, 2.05) is 0 Å². The first-order chi connectivity index (χ1) is 14.5. The Kier molecular flexibility index (Phi) is 5.13. The van der Waals surface area contributed by atoms with Gasteiger partial charge in [0.1, 0.15) is 0 Å². The summed E-state index contributed by atoms with van der Waals surface area (Å²) in [5.74, 6) is -1.48. The van der Waals surface area contributed by atoms with Crippen molar-refractivity contribution in [1.29, 1.82) is 0 Å². The van der Waals surface area contributed by atoms with Crippen molar-refractivity contribution >= 4 is 22.9 Å². The Morgan fingerprint density at radius 2 is 1.33 bits per heavy atom. The first-order valence-electron chi connectivity index (χ1n) is 9.15. The molecule has 0 saturated heterocycles. The maximum Gasteiger partial charge on any atom is 0.343 e. The van der Waals surface area contributed by atoms with E-state index in [1.165, 1.54) is 12.1 Å². The smallest absolute Gasteiger partial charge is 0.343 e. The van der Waals surface area contributed by atoms with Crippen molar-refractivity contribution in [2.75, 3.05) is 0 Å². The number of aryl methyl sites for hydroxylation is 1. The summed E-state index contributed by atoms with van der Waals surface area (Å²) in [5.41, 5.74) is 0.679. The second-order valence-corrected chi connectivity index (χ2v) is 6.53. The minimum atomic E-state index is -0.677. The van der Waals surface area contributed by atoms with E-state index in [9.17, 15) is 14.4 Å². The topological polar surface area (TPSA) is 82.8 Å². The molecule has 1 heterocycles. The number of benzene rings is 3. The maximum absolute atomic E-state index is 12.7. The fraction of sp³-hybridized carbons (Fsp3) is 0.0417. The lowest BCUT2D eigenvalue weighted by Crippen LogP contribution is -2.13. The summed E-state index contributed by atoms with van der Waals surface area (Å²) in [6.07, 6.45) is 0. The highest BCUT2D eigenvalue weighted by Crippen LogP contribution is 2.37. The molecule has 0 amide bonds. The van der Waals surface area contributed by atoms with Crippen molar-refractivity contribution in [3.8, 4) is 11.5 Å². The third-order valence-electron chi connectivity index (χ3n) is 4.45. The van der Waals surface area contributed by atoms with E-state index in [0.29, 0.717) is 22.1 Å². The number of esters is 2. The van der Waals surface area contributed by atoms with E-state index in [4.69, 9.17) is 13.9 Å². The van der Waals surface area contributed by atoms with Gasteiger partial charge in [0, 0.05) is 11.5 Å². The summed E-state index contributed by atoms with van der Waals surface area (Å²) in [7, 11) is 0. The van der Waals surface area contributed by atoms with Gasteiger partial charge in [0.2, 0.25) is 5.75 Å². The zero-order valence-electron chi connectivity index (χ0n) is 16.0. The molecule has 4 aromatic rings. The lowest BCUT2D eigenvalue weighted by Gasteiger charge is -2.13. The van der Waals surface area contributed by atoms with Gasteiger partial charge >= 0.3 is 17.6 Å². The zero-order chi connectivity index (χ0) is 21.1. The van der Waals surface area contributed by atoms with E-state index in [1.54, 1.807) is 73.7 Å². The lowest BCUT2D eigenvalue weighted by molar-refractivity contribution is 0.0683. The molecule has 0 fully saturated rings. The molecule has 0 bridgehead atoms. The number of fused-ring (bicyclic) bond motifs is 1. The second kappa shape index (κ2) is 8.05. The van der Waals surface area contributed by atoms with Crippen LogP contribution in [0.5, 0.6) is 11.5 Å². The van der Waals surface area contributed by atoms with Gasteiger partial charge in [0.05, 0.1) is 11.1 Å². The Labute approximate surface area is 171 Å². The van der Waals surface area contributed by atoms with Gasteiger partial charge < -0.3 is 13.9 Å². The van der Waals surface area contributed by atoms with Crippen molar-refractivity contribution in [2.45, 2.75) is 6.92 Å². The standard InChI is InChI=1S/C24H16O6/c1-15-14-20(25)29-21-18(15)12-13-19(28-23(26)16-8-4-2-5-9-16)22(21)30-24(27)17-10-6-3-7-11-17/h2-14H,1H3. The van der Waals surface area contributed by atoms with E-state index in [0.717, 1.165) is 0 Å². The minimum absolute atomic E-state index is 0.0302. The van der Waals surface area contributed by atoms with Crippen LogP contribution in [0, 0.1) is 6.92 Å². The average molecular weight is 400 g/mol. The Bertz CT molecular complexity index is 1290. The van der Waals surface area contributed by atoms with Crippen LogP contribution < -0.4 is 15.1 Å². The van der Waals surface area contributed by atoms with Crippen LogP contribution in [0.15, 0.2) is 88.1 Å². The van der Waals surface area contributed by atoms with Crippen LogP contribution in [0.2, 0.25) is 0 Å². The van der Waals surface area contributed by atoms with Crippen LogP contribution in [0.3, 0.4) is 0 Å². The third-order valence-corrected chi connectivity index (χ3v) is 4.45. The maximum atomic E-state index is 12.7. The quantitative estimate of drug-likeness (QED) is 0.284. The molecule has 0 spiro atoms. The first kappa shape index (κ1) is 19.1. The third kappa shape index (κ3) is 3.84. The molecular formula is C24H16O6. The summed E-state index contributed by atoms with van der Waals surface area (Å²) in [4.78, 5) is 37.1. The zero-order valence-corrected chi connectivity index (χ0v) is 16.0. The Morgan fingerprint density at radius 3 is 1.93 bits per heavy atom. The molecule has 6 heteroatoms. The molecule has 0 aliphatic carbocycles. The van der Waals surface area contributed by atoms with Crippen molar-refractivity contribution < 1.29 is 23.5 Å². The molecule has 0 aliphatic heterocycles. The van der Waals surface area contributed by atoms with Crippen LogP contribution >= 0.6 is 0 Å². The van der Waals surface area contributed by atoms with Gasteiger partial charge in [0.15, 0.2) is 11.3 Å². The fourth-order valence-corrected chi connectivity index (χ4v) is 2.98. The van der Waals surface area contributed by atoms with Gasteiger partial charge in [-0.3, -0.25) is 0 Å². The van der Waals surface area contributed by atoms with Gasteiger partial charge in [-0.1, -0.05) is 36.4 Å². The molecule has 0 N–H and O–H groups in total. The summed E-state index contributed by atoms with van der Waals surface area (Å²) in [6, 6.07) is 21.2. The van der Waals surface area contributed by atoms with Crippen LogP contribution in [-0.2, 0) is 0 Å². The van der Waals surface area contributed by atoms with Gasteiger partial charge in [-0.05, 0) is 48.9 Å². The molecule has 4 rings (SSSR count). The van der Waals surface area contributed by atoms with E-state index in [2.05, 4.69) is 0 Å². The van der Waals surface area contributed by atoms with Crippen molar-refractivity contribution in [3.63, 3.8) is 0 Å². The lowest BCUT2D eigenvalue weighted by atomic mass is 10.1. The fourth-order valence-electron chi connectivity index (χ4n) is 2.98. The van der Waals surface area contributed by atoms with Crippen molar-refractivity contribution in [1.82, 2.24) is 0 Å². The molecule has 1 aromatic heterocycles. The second-order valence-electron chi connectivity index (χ2n) is 6.53. The molecule has 148 valence electrons. The summed E-state index contributed by atoms with van der Waals surface area (Å²) in [6.45, 7) is 1.73. The highest BCUT2D eigenvalue weighted by atomic mass is 16.6. The van der Waals surface area contributed by atoms with Gasteiger partial charge in [0.25, 0.3) is 0 Å². The summed E-state index contributed by atoms with van der Waals surface area (Å²) in [5, 5.41) is 0.560. The number of hydrogen-bond acceptors (Lipinski definition) is 6. The van der Waals surface area contributed by atoms with Crippen LogP contribution in [0.1, 0.15) is 26.3 Å². The average Bonchev–Trinajstić information content (AvgIpc) is 2.76. The molecular weight excluding hydrogens is 384 g/mol. The predicted octanol–water partition coefficient (Wildman–Crippen LogP) is 4.54. The number of rotatable bonds is 4. The van der Waals surface area contributed by atoms with Crippen molar-refractivity contribution in [3.05, 3.63) is 106 Å². The number of hydrogen-bond donors (Lipinski definition) is 0. The summed E-state index contributed by atoms with van der Waals surface area (Å²) >= 11 is 0. The molecule has 6 nitrogen and oxygen atoms in total. The largest absolute Gasteiger partial charge is 0.419 e. The molecule has 0 unspecified atom stereocenters. The van der Waals surface area contributed by atoms with Crippen LogP contribution in [0.4, 0.5) is 0 Å². The van der Waals surface area contributed by atoms with Crippen molar-refractivity contribution in [2.24, 2.45) is 0 Å². The molecule has 30 heavy (non-hydrogen) atoms. The van der Waals surface area contributed by atoms with Gasteiger partial charge in [-0.25, -0.2) is 14.4 Å². The van der Waals surface area contributed by atoms with Gasteiger partial charge in [-0.15, -0.1) is 0 Å². The van der Waals surface area contributed by atoms with E-state index < -0.39 is 17.6 Å². The monoisotopic (exact) mass is 400 g/mol. The summed E-state index contributed by atoms with van der Waals surface area (Å²) < 4.78 is 16.3. The number of carbonyl (C=O) groups excluding carboxylic acids is 2. The Balaban J connectivity index is 1.81. The Hall–Kier alpha value is -4.19. The van der Waals surface area contributed by atoms with E-state index in [-0.39, 0.29) is 17.1 Å². The van der Waals surface area contributed by atoms with E-state index >= 15 is 0 Å². The normalized spacial score (nSPS) is 10.6. The molecule has 0 radical (unpaired) electrons. The van der Waals surface area contributed by atoms with Crippen LogP contribution in [0.25, 0.3) is 11.0 Å². The van der Waals surface area contributed by atoms with Gasteiger partial charge in [-0.2, -0.15) is 0 Å². The number of carbonyl (C=O) groups is 2. The SMILES string of the molecule is Cc1cc(=O)oc2c(OC(=O)c3ccccc3)c(OC(=O)c3ccccc3)ccc12. The minimum Gasteiger partial charge on any atom is -0.419 e. The molecule has 3 aromatic carbocycles. The Morgan fingerprint density at radius 1 is 0.767 bits per heavy atom. The van der Waals surface area contributed by atoms with Crippen LogP contribution in [-0.4, -0.2) is 11.9 Å². The highest BCUT2D eigenvalue weighted by Gasteiger charge is 2.21. The highest BCUT2D eigenvalue weighted by molar-refractivity contribution is 5.97. The molecule has 0 aliphatic rings. The predicted molar refractivity (Wildman–Crippen MR) is 110 cm³/mol.